The van der Waals surface area contributed by atoms with Crippen LogP contribution in [0.15, 0.2) is 0 Å². The van der Waals surface area contributed by atoms with E-state index in [0.717, 1.165) is 38.8 Å². The summed E-state index contributed by atoms with van der Waals surface area (Å²) >= 11 is 0. The Morgan fingerprint density at radius 2 is 1.77 bits per heavy atom. The third kappa shape index (κ3) is 5.25. The second-order valence-electron chi connectivity index (χ2n) is 11.2. The van der Waals surface area contributed by atoms with E-state index in [4.69, 9.17) is 0 Å². The molecule has 0 aromatic rings. The van der Waals surface area contributed by atoms with Crippen LogP contribution in [0.25, 0.3) is 0 Å². The first-order chi connectivity index (χ1) is 14.2. The number of hydrogen-bond donors (Lipinski definition) is 1. The van der Waals surface area contributed by atoms with E-state index in [2.05, 4.69) is 49.9 Å². The molecule has 0 unspecified atom stereocenters. The minimum atomic E-state index is -0.709. The highest BCUT2D eigenvalue weighted by atomic mass is 16.2. The van der Waals surface area contributed by atoms with Crippen LogP contribution in [-0.4, -0.2) is 91.3 Å². The third-order valence-electron chi connectivity index (χ3n) is 7.56. The highest BCUT2D eigenvalue weighted by Gasteiger charge is 2.46. The van der Waals surface area contributed by atoms with Gasteiger partial charge in [-0.25, -0.2) is 0 Å². The molecule has 172 valence electrons. The monoisotopic (exact) mass is 420 g/mol. The van der Waals surface area contributed by atoms with Gasteiger partial charge in [0, 0.05) is 26.2 Å². The fourth-order valence-corrected chi connectivity index (χ4v) is 6.09. The highest BCUT2D eigenvalue weighted by molar-refractivity contribution is 5.87. The lowest BCUT2D eigenvalue weighted by Gasteiger charge is -2.49. The molecule has 1 amide bonds. The number of hydrogen-bond acceptors (Lipinski definition) is 5. The number of rotatable bonds is 8. The van der Waals surface area contributed by atoms with Gasteiger partial charge in [0.15, 0.2) is 0 Å². The molecule has 0 aliphatic carbocycles. The van der Waals surface area contributed by atoms with E-state index in [-0.39, 0.29) is 11.9 Å². The maximum atomic E-state index is 13.4. The molecule has 0 bridgehead atoms. The van der Waals surface area contributed by atoms with Crippen LogP contribution >= 0.6 is 0 Å². The normalized spacial score (nSPS) is 27.9. The molecule has 0 aromatic heterocycles. The lowest BCUT2D eigenvalue weighted by molar-refractivity contribution is -0.149. The molecule has 0 radical (unpaired) electrons. The maximum absolute atomic E-state index is 13.4. The van der Waals surface area contributed by atoms with Gasteiger partial charge in [-0.15, -0.1) is 0 Å². The number of likely N-dealkylation sites (tertiary alicyclic amines) is 2. The van der Waals surface area contributed by atoms with Crippen molar-refractivity contribution in [2.45, 2.75) is 71.4 Å². The zero-order valence-electron chi connectivity index (χ0n) is 20.0. The molecule has 3 aliphatic heterocycles. The van der Waals surface area contributed by atoms with E-state index in [1.54, 1.807) is 0 Å². The first-order valence-corrected chi connectivity index (χ1v) is 12.1. The summed E-state index contributed by atoms with van der Waals surface area (Å²) in [4.78, 5) is 32.9. The van der Waals surface area contributed by atoms with Crippen LogP contribution in [0.1, 0.15) is 59.8 Å². The van der Waals surface area contributed by atoms with Crippen LogP contribution in [0.3, 0.4) is 0 Å². The number of amides is 1. The lowest BCUT2D eigenvalue weighted by atomic mass is 9.77. The minimum absolute atomic E-state index is 0.119. The molecule has 0 saturated carbocycles. The molecule has 2 atom stereocenters. The average molecular weight is 421 g/mol. The van der Waals surface area contributed by atoms with Crippen molar-refractivity contribution >= 4 is 12.2 Å². The van der Waals surface area contributed by atoms with Crippen LogP contribution in [0.4, 0.5) is 0 Å². The van der Waals surface area contributed by atoms with E-state index in [9.17, 15) is 9.59 Å². The van der Waals surface area contributed by atoms with Crippen LogP contribution in [0.5, 0.6) is 0 Å². The summed E-state index contributed by atoms with van der Waals surface area (Å²) < 4.78 is 0. The van der Waals surface area contributed by atoms with E-state index in [1.165, 1.54) is 32.4 Å². The number of piperidine rings is 1. The summed E-state index contributed by atoms with van der Waals surface area (Å²) in [5.74, 6) is 0.930. The Balaban J connectivity index is 1.73. The van der Waals surface area contributed by atoms with Crippen molar-refractivity contribution in [3.63, 3.8) is 0 Å². The molecule has 6 heteroatoms. The van der Waals surface area contributed by atoms with Crippen molar-refractivity contribution in [3.8, 4) is 0 Å². The Morgan fingerprint density at radius 3 is 2.30 bits per heavy atom. The summed E-state index contributed by atoms with van der Waals surface area (Å²) in [5.41, 5.74) is -0.236. The molecule has 0 aromatic carbocycles. The number of piperazine rings is 1. The predicted molar refractivity (Wildman–Crippen MR) is 121 cm³/mol. The third-order valence-corrected chi connectivity index (χ3v) is 7.56. The van der Waals surface area contributed by atoms with Gasteiger partial charge in [-0.2, -0.15) is 0 Å². The number of nitrogens with zero attached hydrogens (tertiary/aromatic N) is 3. The van der Waals surface area contributed by atoms with Gasteiger partial charge >= 0.3 is 0 Å². The Labute approximate surface area is 183 Å². The Kier molecular flexibility index (Phi) is 7.62. The molecular formula is C24H44N4O2. The van der Waals surface area contributed by atoms with Crippen molar-refractivity contribution in [2.75, 3.05) is 52.9 Å². The van der Waals surface area contributed by atoms with Gasteiger partial charge in [0.1, 0.15) is 11.8 Å². The molecule has 3 fully saturated rings. The summed E-state index contributed by atoms with van der Waals surface area (Å²) in [6.45, 7) is 15.2. The van der Waals surface area contributed by atoms with E-state index in [1.807, 2.05) is 4.90 Å². The standard InChI is InChI=1S/C24H44N4O2/c1-19(2)14-21-22(30)28(13-9-25-21)24(18-29,15-20(3)4)17-27-11-7-23(8-12-27)6-10-26(5)16-23/h18-21,25H,6-17H2,1-5H3/t21-,24+/m0/s1. The van der Waals surface area contributed by atoms with Crippen molar-refractivity contribution in [1.29, 1.82) is 0 Å². The molecule has 3 saturated heterocycles. The van der Waals surface area contributed by atoms with Gasteiger partial charge in [0.25, 0.3) is 0 Å². The fraction of sp³-hybridized carbons (Fsp3) is 0.917. The number of carbonyl (C=O) groups excluding carboxylic acids is 2. The van der Waals surface area contributed by atoms with Crippen molar-refractivity contribution in [1.82, 2.24) is 20.0 Å². The minimum Gasteiger partial charge on any atom is -0.326 e. The van der Waals surface area contributed by atoms with E-state index >= 15 is 0 Å². The molecule has 6 nitrogen and oxygen atoms in total. The van der Waals surface area contributed by atoms with Gasteiger partial charge in [-0.3, -0.25) is 4.79 Å². The molecule has 1 N–H and O–H groups in total. The summed E-state index contributed by atoms with van der Waals surface area (Å²) in [7, 11) is 2.23. The van der Waals surface area contributed by atoms with E-state index < -0.39 is 5.54 Å². The van der Waals surface area contributed by atoms with Gasteiger partial charge in [-0.1, -0.05) is 27.7 Å². The first-order valence-electron chi connectivity index (χ1n) is 12.1. The van der Waals surface area contributed by atoms with Crippen molar-refractivity contribution in [2.24, 2.45) is 17.3 Å². The summed E-state index contributed by atoms with van der Waals surface area (Å²) in [6, 6.07) is -0.163. The van der Waals surface area contributed by atoms with E-state index in [0.29, 0.717) is 30.3 Å². The number of carbonyl (C=O) groups is 2. The number of nitrogens with one attached hydrogen (secondary N) is 1. The highest BCUT2D eigenvalue weighted by Crippen LogP contribution is 2.40. The maximum Gasteiger partial charge on any atom is 0.240 e. The first kappa shape index (κ1) is 23.7. The molecule has 3 aliphatic rings. The Bertz CT molecular complexity index is 600. The van der Waals surface area contributed by atoms with Gasteiger partial charge < -0.3 is 24.8 Å². The molecular weight excluding hydrogens is 376 g/mol. The predicted octanol–water partition coefficient (Wildman–Crippen LogP) is 2.23. The number of aldehydes is 1. The lowest BCUT2D eigenvalue weighted by Crippen LogP contribution is -2.67. The summed E-state index contributed by atoms with van der Waals surface area (Å²) in [6.07, 6.45) is 6.39. The Hall–Kier alpha value is -0.980. The zero-order chi connectivity index (χ0) is 21.9. The van der Waals surface area contributed by atoms with Crippen LogP contribution < -0.4 is 5.32 Å². The van der Waals surface area contributed by atoms with Crippen molar-refractivity contribution < 1.29 is 9.59 Å². The SMILES string of the molecule is CC(C)C[C@@H]1NCCN([C@](C=O)(CC(C)C)CN2CCC3(CCN(C)C3)CC2)C1=O. The summed E-state index contributed by atoms with van der Waals surface area (Å²) in [5, 5.41) is 3.39. The van der Waals surface area contributed by atoms with Crippen LogP contribution in [-0.2, 0) is 9.59 Å². The fourth-order valence-electron chi connectivity index (χ4n) is 6.09. The van der Waals surface area contributed by atoms with Gasteiger partial charge in [0.2, 0.25) is 5.91 Å². The largest absolute Gasteiger partial charge is 0.326 e. The smallest absolute Gasteiger partial charge is 0.240 e. The molecule has 3 heterocycles. The molecule has 3 rings (SSSR count). The van der Waals surface area contributed by atoms with Gasteiger partial charge in [0.05, 0.1) is 6.04 Å². The molecule has 1 spiro atoms. The topological polar surface area (TPSA) is 55.9 Å². The van der Waals surface area contributed by atoms with Crippen LogP contribution in [0, 0.1) is 17.3 Å². The van der Waals surface area contributed by atoms with Gasteiger partial charge in [-0.05, 0) is 76.0 Å². The zero-order valence-corrected chi connectivity index (χ0v) is 20.0. The Morgan fingerprint density at radius 1 is 1.10 bits per heavy atom. The van der Waals surface area contributed by atoms with Crippen LogP contribution in [0.2, 0.25) is 0 Å². The second-order valence-corrected chi connectivity index (χ2v) is 11.2. The molecule has 30 heavy (non-hydrogen) atoms. The average Bonchev–Trinajstić information content (AvgIpc) is 3.04. The van der Waals surface area contributed by atoms with Crippen molar-refractivity contribution in [3.05, 3.63) is 0 Å². The quantitative estimate of drug-likeness (QED) is 0.611. The second kappa shape index (κ2) is 9.66.